The van der Waals surface area contributed by atoms with Crippen LogP contribution in [0.2, 0.25) is 0 Å². The standard InChI is InChI=1S/C14H16BrN3O4S2/c1-2-3-8-24(20,21)14-18-17-13(23-14)16-12(19)9-22-11-6-4-10(15)5-7-11/h4-7H,2-3,8-9H2,1H3,(H,16,17,19). The van der Waals surface area contributed by atoms with E-state index in [1.165, 1.54) is 0 Å². The second-order valence-electron chi connectivity index (χ2n) is 4.84. The molecule has 2 rings (SSSR count). The number of rotatable bonds is 8. The zero-order chi connectivity index (χ0) is 17.6. The summed E-state index contributed by atoms with van der Waals surface area (Å²) in [6.07, 6.45) is 1.33. The van der Waals surface area contributed by atoms with Crippen LogP contribution in [0.15, 0.2) is 33.1 Å². The van der Waals surface area contributed by atoms with Crippen molar-refractivity contribution in [1.82, 2.24) is 10.2 Å². The van der Waals surface area contributed by atoms with Crippen LogP contribution in [-0.2, 0) is 14.6 Å². The average Bonchev–Trinajstić information content (AvgIpc) is 3.02. The average molecular weight is 434 g/mol. The molecule has 1 amide bonds. The van der Waals surface area contributed by atoms with Gasteiger partial charge in [-0.2, -0.15) is 0 Å². The lowest BCUT2D eigenvalue weighted by Crippen LogP contribution is -2.20. The number of sulfone groups is 1. The Labute approximate surface area is 152 Å². The van der Waals surface area contributed by atoms with Gasteiger partial charge in [0.25, 0.3) is 5.91 Å². The number of unbranched alkanes of at least 4 members (excludes halogenated alkanes) is 1. The molecule has 0 bridgehead atoms. The van der Waals surface area contributed by atoms with Crippen LogP contribution < -0.4 is 10.1 Å². The molecule has 0 saturated heterocycles. The Kier molecular flexibility index (Phi) is 6.69. The Balaban J connectivity index is 1.89. The van der Waals surface area contributed by atoms with E-state index in [-0.39, 0.29) is 21.8 Å². The van der Waals surface area contributed by atoms with Gasteiger partial charge in [-0.15, -0.1) is 10.2 Å². The summed E-state index contributed by atoms with van der Waals surface area (Å²) in [5, 5.41) is 9.95. The first-order valence-corrected chi connectivity index (χ1v) is 10.4. The van der Waals surface area contributed by atoms with E-state index in [9.17, 15) is 13.2 Å². The van der Waals surface area contributed by atoms with Crippen molar-refractivity contribution < 1.29 is 17.9 Å². The van der Waals surface area contributed by atoms with Gasteiger partial charge in [0.05, 0.1) is 5.75 Å². The fourth-order valence-corrected chi connectivity index (χ4v) is 4.40. The number of carbonyl (C=O) groups excluding carboxylic acids is 1. The maximum absolute atomic E-state index is 12.0. The third-order valence-corrected chi connectivity index (χ3v) is 6.48. The van der Waals surface area contributed by atoms with Crippen molar-refractivity contribution in [2.45, 2.75) is 24.1 Å². The topological polar surface area (TPSA) is 98.3 Å². The van der Waals surface area contributed by atoms with E-state index in [1.807, 2.05) is 6.92 Å². The molecular formula is C14H16BrN3O4S2. The summed E-state index contributed by atoms with van der Waals surface area (Å²) in [5.74, 6) is 0.138. The van der Waals surface area contributed by atoms with E-state index >= 15 is 0 Å². The number of ether oxygens (including phenoxy) is 1. The predicted molar refractivity (Wildman–Crippen MR) is 95.1 cm³/mol. The van der Waals surface area contributed by atoms with Crippen LogP contribution in [0.4, 0.5) is 5.13 Å². The van der Waals surface area contributed by atoms with Crippen LogP contribution in [0.5, 0.6) is 5.75 Å². The van der Waals surface area contributed by atoms with Gasteiger partial charge in [-0.3, -0.25) is 10.1 Å². The summed E-state index contributed by atoms with van der Waals surface area (Å²) in [5.41, 5.74) is 0. The summed E-state index contributed by atoms with van der Waals surface area (Å²) in [7, 11) is -3.44. The Hall–Kier alpha value is -1.52. The van der Waals surface area contributed by atoms with Gasteiger partial charge in [-0.1, -0.05) is 40.6 Å². The van der Waals surface area contributed by atoms with Crippen molar-refractivity contribution in [2.75, 3.05) is 17.7 Å². The summed E-state index contributed by atoms with van der Waals surface area (Å²) >= 11 is 4.14. The fourth-order valence-electron chi connectivity index (χ4n) is 1.64. The van der Waals surface area contributed by atoms with E-state index in [0.717, 1.165) is 22.2 Å². The number of amides is 1. The molecule has 0 spiro atoms. The van der Waals surface area contributed by atoms with E-state index in [0.29, 0.717) is 12.2 Å². The van der Waals surface area contributed by atoms with Crippen molar-refractivity contribution in [1.29, 1.82) is 0 Å². The maximum atomic E-state index is 12.0. The molecule has 0 saturated carbocycles. The molecule has 1 N–H and O–H groups in total. The van der Waals surface area contributed by atoms with Crippen LogP contribution in [-0.4, -0.2) is 36.9 Å². The molecular weight excluding hydrogens is 418 g/mol. The number of aromatic nitrogens is 2. The molecule has 10 heteroatoms. The van der Waals surface area contributed by atoms with Gasteiger partial charge in [0.1, 0.15) is 5.75 Å². The second kappa shape index (κ2) is 8.54. The predicted octanol–water partition coefficient (Wildman–Crippen LogP) is 2.89. The van der Waals surface area contributed by atoms with E-state index in [1.54, 1.807) is 24.3 Å². The monoisotopic (exact) mass is 433 g/mol. The summed E-state index contributed by atoms with van der Waals surface area (Å²) < 4.78 is 30.1. The number of benzene rings is 1. The number of anilines is 1. The SMILES string of the molecule is CCCCS(=O)(=O)c1nnc(NC(=O)COc2ccc(Br)cc2)s1. The number of hydrogen-bond donors (Lipinski definition) is 1. The number of nitrogens with one attached hydrogen (secondary N) is 1. The third kappa shape index (κ3) is 5.53. The minimum absolute atomic E-state index is 0.0265. The smallest absolute Gasteiger partial charge is 0.264 e. The molecule has 0 aliphatic rings. The lowest BCUT2D eigenvalue weighted by molar-refractivity contribution is -0.118. The minimum Gasteiger partial charge on any atom is -0.484 e. The van der Waals surface area contributed by atoms with E-state index in [4.69, 9.17) is 4.74 Å². The highest BCUT2D eigenvalue weighted by Crippen LogP contribution is 2.22. The van der Waals surface area contributed by atoms with Gasteiger partial charge in [0, 0.05) is 4.47 Å². The van der Waals surface area contributed by atoms with Gasteiger partial charge in [0.15, 0.2) is 6.61 Å². The number of carbonyl (C=O) groups is 1. The molecule has 2 aromatic rings. The Morgan fingerprint density at radius 1 is 1.29 bits per heavy atom. The van der Waals surface area contributed by atoms with Crippen LogP contribution in [0, 0.1) is 0 Å². The molecule has 1 aromatic heterocycles. The quantitative estimate of drug-likeness (QED) is 0.642. The largest absolute Gasteiger partial charge is 0.484 e. The lowest BCUT2D eigenvalue weighted by Gasteiger charge is -2.05. The molecule has 0 fully saturated rings. The van der Waals surface area contributed by atoms with Crippen molar-refractivity contribution in [3.8, 4) is 5.75 Å². The molecule has 0 radical (unpaired) electrons. The molecule has 1 heterocycles. The number of halogens is 1. The highest BCUT2D eigenvalue weighted by Gasteiger charge is 2.20. The van der Waals surface area contributed by atoms with E-state index in [2.05, 4.69) is 31.4 Å². The van der Waals surface area contributed by atoms with Crippen LogP contribution >= 0.6 is 27.3 Å². The molecule has 1 aromatic carbocycles. The summed E-state index contributed by atoms with van der Waals surface area (Å²) in [6, 6.07) is 7.04. The van der Waals surface area contributed by atoms with Gasteiger partial charge in [-0.05, 0) is 30.7 Å². The van der Waals surface area contributed by atoms with E-state index < -0.39 is 15.7 Å². The first-order valence-electron chi connectivity index (χ1n) is 7.15. The highest BCUT2D eigenvalue weighted by atomic mass is 79.9. The van der Waals surface area contributed by atoms with Crippen molar-refractivity contribution in [3.05, 3.63) is 28.7 Å². The first kappa shape index (κ1) is 18.8. The summed E-state index contributed by atoms with van der Waals surface area (Å²) in [6.45, 7) is 1.70. The van der Waals surface area contributed by atoms with Crippen molar-refractivity contribution >= 4 is 48.1 Å². The minimum atomic E-state index is -3.44. The maximum Gasteiger partial charge on any atom is 0.264 e. The number of nitrogens with zero attached hydrogens (tertiary/aromatic N) is 2. The molecule has 0 aliphatic carbocycles. The highest BCUT2D eigenvalue weighted by molar-refractivity contribution is 9.10. The Morgan fingerprint density at radius 3 is 2.67 bits per heavy atom. The molecule has 0 atom stereocenters. The first-order chi connectivity index (χ1) is 11.4. The molecule has 7 nitrogen and oxygen atoms in total. The Morgan fingerprint density at radius 2 is 2.00 bits per heavy atom. The van der Waals surface area contributed by atoms with Gasteiger partial charge in [-0.25, -0.2) is 8.42 Å². The molecule has 0 aliphatic heterocycles. The second-order valence-corrected chi connectivity index (χ2v) is 9.01. The lowest BCUT2D eigenvalue weighted by atomic mass is 10.3. The third-order valence-electron chi connectivity index (χ3n) is 2.87. The van der Waals surface area contributed by atoms with Crippen molar-refractivity contribution in [3.63, 3.8) is 0 Å². The van der Waals surface area contributed by atoms with Gasteiger partial charge in [0.2, 0.25) is 19.3 Å². The zero-order valence-electron chi connectivity index (χ0n) is 12.9. The van der Waals surface area contributed by atoms with Crippen molar-refractivity contribution in [2.24, 2.45) is 0 Å². The molecule has 130 valence electrons. The fraction of sp³-hybridized carbons (Fsp3) is 0.357. The number of hydrogen-bond acceptors (Lipinski definition) is 7. The zero-order valence-corrected chi connectivity index (χ0v) is 16.1. The summed E-state index contributed by atoms with van der Waals surface area (Å²) in [4.78, 5) is 11.8. The van der Waals surface area contributed by atoms with Crippen LogP contribution in [0.3, 0.4) is 0 Å². The van der Waals surface area contributed by atoms with Gasteiger partial charge < -0.3 is 4.74 Å². The van der Waals surface area contributed by atoms with Gasteiger partial charge >= 0.3 is 0 Å². The Bertz CT molecular complexity index is 791. The molecule has 24 heavy (non-hydrogen) atoms. The normalized spacial score (nSPS) is 11.2. The van der Waals surface area contributed by atoms with Crippen LogP contribution in [0.25, 0.3) is 0 Å². The molecule has 0 unspecified atom stereocenters. The van der Waals surface area contributed by atoms with Crippen LogP contribution in [0.1, 0.15) is 19.8 Å².